The van der Waals surface area contributed by atoms with E-state index >= 15 is 0 Å². The fraction of sp³-hybridized carbons (Fsp3) is 0.467. The molecular weight excluding hydrogens is 381 g/mol. The maximum absolute atomic E-state index is 12.0. The van der Waals surface area contributed by atoms with Gasteiger partial charge in [0.05, 0.1) is 6.54 Å². The van der Waals surface area contributed by atoms with Crippen LogP contribution in [-0.4, -0.2) is 42.4 Å². The van der Waals surface area contributed by atoms with Gasteiger partial charge in [0.25, 0.3) is 0 Å². The average Bonchev–Trinajstić information content (AvgIpc) is 2.47. The van der Waals surface area contributed by atoms with Gasteiger partial charge in [0.1, 0.15) is 0 Å². The van der Waals surface area contributed by atoms with Crippen molar-refractivity contribution >= 4 is 40.1 Å². The normalized spacial score (nSPS) is 15.6. The summed E-state index contributed by atoms with van der Waals surface area (Å²) in [5, 5.41) is 6.17. The standard InChI is InChI=1S/C15H20IN3O2/c1-11(20)19-8-6-12(7-9-19)18-15(21)10-17-14-5-3-2-4-13(14)16/h2-5,12,17H,6-10H2,1H3,(H,18,21). The van der Waals surface area contributed by atoms with Gasteiger partial charge in [-0.05, 0) is 47.6 Å². The summed E-state index contributed by atoms with van der Waals surface area (Å²) in [7, 11) is 0. The van der Waals surface area contributed by atoms with Gasteiger partial charge in [0.2, 0.25) is 11.8 Å². The van der Waals surface area contributed by atoms with Gasteiger partial charge in [-0.2, -0.15) is 0 Å². The van der Waals surface area contributed by atoms with Gasteiger partial charge in [-0.1, -0.05) is 12.1 Å². The molecule has 1 heterocycles. The van der Waals surface area contributed by atoms with E-state index in [9.17, 15) is 9.59 Å². The molecule has 0 radical (unpaired) electrons. The van der Waals surface area contributed by atoms with Gasteiger partial charge in [-0.25, -0.2) is 0 Å². The van der Waals surface area contributed by atoms with Crippen LogP contribution in [0.3, 0.4) is 0 Å². The van der Waals surface area contributed by atoms with E-state index in [2.05, 4.69) is 33.2 Å². The van der Waals surface area contributed by atoms with Gasteiger partial charge in [0, 0.05) is 35.3 Å². The molecule has 0 unspecified atom stereocenters. The molecule has 0 aromatic heterocycles. The summed E-state index contributed by atoms with van der Waals surface area (Å²) in [6.07, 6.45) is 1.66. The third-order valence-electron chi connectivity index (χ3n) is 3.62. The van der Waals surface area contributed by atoms with E-state index in [4.69, 9.17) is 0 Å². The number of nitrogens with one attached hydrogen (secondary N) is 2. The number of amides is 2. The monoisotopic (exact) mass is 401 g/mol. The molecule has 1 aromatic rings. The molecule has 6 heteroatoms. The molecule has 2 rings (SSSR count). The number of nitrogens with zero attached hydrogens (tertiary/aromatic N) is 1. The number of rotatable bonds is 4. The molecule has 0 aliphatic carbocycles. The van der Waals surface area contributed by atoms with E-state index in [1.54, 1.807) is 6.92 Å². The Hall–Kier alpha value is -1.31. The molecule has 1 fully saturated rings. The van der Waals surface area contributed by atoms with Crippen molar-refractivity contribution in [3.05, 3.63) is 27.8 Å². The second kappa shape index (κ2) is 7.63. The predicted molar refractivity (Wildman–Crippen MR) is 91.1 cm³/mol. The Labute approximate surface area is 138 Å². The Balaban J connectivity index is 1.73. The van der Waals surface area contributed by atoms with Crippen LogP contribution < -0.4 is 10.6 Å². The summed E-state index contributed by atoms with van der Waals surface area (Å²) in [5.41, 5.74) is 0.972. The van der Waals surface area contributed by atoms with Gasteiger partial charge < -0.3 is 15.5 Å². The van der Waals surface area contributed by atoms with Gasteiger partial charge in [-0.15, -0.1) is 0 Å². The van der Waals surface area contributed by atoms with Crippen LogP contribution in [0.25, 0.3) is 0 Å². The molecule has 1 aliphatic heterocycles. The first-order valence-electron chi connectivity index (χ1n) is 7.09. The van der Waals surface area contributed by atoms with Crippen molar-refractivity contribution in [2.45, 2.75) is 25.8 Å². The Morgan fingerprint density at radius 3 is 2.57 bits per heavy atom. The molecule has 1 aliphatic rings. The second-order valence-corrected chi connectivity index (χ2v) is 6.34. The molecule has 0 atom stereocenters. The van der Waals surface area contributed by atoms with E-state index < -0.39 is 0 Å². The first-order valence-corrected chi connectivity index (χ1v) is 8.17. The first kappa shape index (κ1) is 16.1. The number of carbonyl (C=O) groups excluding carboxylic acids is 2. The summed E-state index contributed by atoms with van der Waals surface area (Å²) in [5.74, 6) is 0.107. The SMILES string of the molecule is CC(=O)N1CCC(NC(=O)CNc2ccccc2I)CC1. The molecule has 21 heavy (non-hydrogen) atoms. The molecular formula is C15H20IN3O2. The lowest BCUT2D eigenvalue weighted by atomic mass is 10.1. The second-order valence-electron chi connectivity index (χ2n) is 5.18. The topological polar surface area (TPSA) is 61.4 Å². The molecule has 1 saturated heterocycles. The highest BCUT2D eigenvalue weighted by Crippen LogP contribution is 2.16. The van der Waals surface area contributed by atoms with Gasteiger partial charge in [-0.3, -0.25) is 9.59 Å². The van der Waals surface area contributed by atoms with Crippen LogP contribution in [0.2, 0.25) is 0 Å². The molecule has 2 N–H and O–H groups in total. The number of hydrogen-bond donors (Lipinski definition) is 2. The lowest BCUT2D eigenvalue weighted by Crippen LogP contribution is -2.47. The number of benzene rings is 1. The molecule has 2 amide bonds. The Kier molecular flexibility index (Phi) is 5.84. The maximum atomic E-state index is 12.0. The van der Waals surface area contributed by atoms with Crippen molar-refractivity contribution in [2.24, 2.45) is 0 Å². The Morgan fingerprint density at radius 1 is 1.29 bits per heavy atom. The highest BCUT2D eigenvalue weighted by molar-refractivity contribution is 14.1. The number of carbonyl (C=O) groups is 2. The van der Waals surface area contributed by atoms with E-state index in [1.165, 1.54) is 0 Å². The average molecular weight is 401 g/mol. The number of halogens is 1. The number of anilines is 1. The number of piperidine rings is 1. The van der Waals surface area contributed by atoms with Crippen LogP contribution in [0.4, 0.5) is 5.69 Å². The highest BCUT2D eigenvalue weighted by Gasteiger charge is 2.21. The molecule has 1 aromatic carbocycles. The quantitative estimate of drug-likeness (QED) is 0.757. The number of hydrogen-bond acceptors (Lipinski definition) is 3. The number of likely N-dealkylation sites (tertiary alicyclic amines) is 1. The minimum absolute atomic E-state index is 0.00377. The summed E-state index contributed by atoms with van der Waals surface area (Å²) in [4.78, 5) is 25.0. The van der Waals surface area contributed by atoms with E-state index in [0.717, 1.165) is 35.2 Å². The van der Waals surface area contributed by atoms with Crippen LogP contribution in [0.5, 0.6) is 0 Å². The minimum atomic E-state index is -0.00377. The van der Waals surface area contributed by atoms with Crippen molar-refractivity contribution in [2.75, 3.05) is 25.0 Å². The first-order chi connectivity index (χ1) is 10.1. The lowest BCUT2D eigenvalue weighted by Gasteiger charge is -2.31. The zero-order valence-electron chi connectivity index (χ0n) is 12.1. The zero-order valence-corrected chi connectivity index (χ0v) is 14.2. The summed E-state index contributed by atoms with van der Waals surface area (Å²) in [6.45, 7) is 3.31. The zero-order chi connectivity index (χ0) is 15.2. The fourth-order valence-electron chi connectivity index (χ4n) is 2.40. The lowest BCUT2D eigenvalue weighted by molar-refractivity contribution is -0.130. The van der Waals surface area contributed by atoms with E-state index in [-0.39, 0.29) is 24.4 Å². The van der Waals surface area contributed by atoms with Crippen molar-refractivity contribution < 1.29 is 9.59 Å². The van der Waals surface area contributed by atoms with Crippen LogP contribution in [0.1, 0.15) is 19.8 Å². The number of para-hydroxylation sites is 1. The Morgan fingerprint density at radius 2 is 1.95 bits per heavy atom. The summed E-state index contributed by atoms with van der Waals surface area (Å²) < 4.78 is 1.10. The van der Waals surface area contributed by atoms with Crippen molar-refractivity contribution in [3.8, 4) is 0 Å². The fourth-order valence-corrected chi connectivity index (χ4v) is 2.98. The summed E-state index contributed by atoms with van der Waals surface area (Å²) in [6, 6.07) is 8.04. The molecule has 0 spiro atoms. The third kappa shape index (κ3) is 4.87. The smallest absolute Gasteiger partial charge is 0.239 e. The van der Waals surface area contributed by atoms with E-state index in [0.29, 0.717) is 0 Å². The molecule has 114 valence electrons. The third-order valence-corrected chi connectivity index (χ3v) is 4.56. The van der Waals surface area contributed by atoms with Crippen molar-refractivity contribution in [1.82, 2.24) is 10.2 Å². The molecule has 5 nitrogen and oxygen atoms in total. The van der Waals surface area contributed by atoms with Crippen LogP contribution in [0, 0.1) is 3.57 Å². The van der Waals surface area contributed by atoms with Crippen molar-refractivity contribution in [1.29, 1.82) is 0 Å². The molecule has 0 bridgehead atoms. The van der Waals surface area contributed by atoms with Crippen LogP contribution >= 0.6 is 22.6 Å². The minimum Gasteiger partial charge on any atom is -0.375 e. The van der Waals surface area contributed by atoms with Gasteiger partial charge >= 0.3 is 0 Å². The van der Waals surface area contributed by atoms with Crippen LogP contribution in [0.15, 0.2) is 24.3 Å². The Bertz CT molecular complexity index is 513. The molecule has 0 saturated carbocycles. The predicted octanol–water partition coefficient (Wildman–Crippen LogP) is 1.83. The van der Waals surface area contributed by atoms with Crippen molar-refractivity contribution in [3.63, 3.8) is 0 Å². The van der Waals surface area contributed by atoms with Crippen LogP contribution in [-0.2, 0) is 9.59 Å². The largest absolute Gasteiger partial charge is 0.375 e. The maximum Gasteiger partial charge on any atom is 0.239 e. The highest BCUT2D eigenvalue weighted by atomic mass is 127. The van der Waals surface area contributed by atoms with Gasteiger partial charge in [0.15, 0.2) is 0 Å². The summed E-state index contributed by atoms with van der Waals surface area (Å²) >= 11 is 2.24. The van der Waals surface area contributed by atoms with E-state index in [1.807, 2.05) is 29.2 Å².